The van der Waals surface area contributed by atoms with Crippen molar-refractivity contribution in [1.29, 1.82) is 0 Å². The van der Waals surface area contributed by atoms with Gasteiger partial charge in [-0.25, -0.2) is 4.39 Å². The van der Waals surface area contributed by atoms with Crippen LogP contribution in [0.4, 0.5) is 4.39 Å². The van der Waals surface area contributed by atoms with Crippen LogP contribution in [0.3, 0.4) is 0 Å². The van der Waals surface area contributed by atoms with Gasteiger partial charge in [0, 0.05) is 29.3 Å². The molecule has 27 heavy (non-hydrogen) atoms. The quantitative estimate of drug-likeness (QED) is 0.685. The normalized spacial score (nSPS) is 19.6. The van der Waals surface area contributed by atoms with Crippen LogP contribution in [0.25, 0.3) is 0 Å². The van der Waals surface area contributed by atoms with Gasteiger partial charge in [-0.3, -0.25) is 10.3 Å². The van der Waals surface area contributed by atoms with Crippen molar-refractivity contribution in [3.63, 3.8) is 0 Å². The molecule has 0 saturated carbocycles. The molecule has 0 aliphatic carbocycles. The maximum atomic E-state index is 14.4. The zero-order chi connectivity index (χ0) is 18.8. The van der Waals surface area contributed by atoms with E-state index in [1.165, 1.54) is 11.6 Å². The molecule has 2 N–H and O–H groups in total. The number of hydrogen-bond donors (Lipinski definition) is 2. The van der Waals surface area contributed by atoms with E-state index in [9.17, 15) is 9.50 Å². The number of aromatic hydroxyl groups is 1. The average molecular weight is 360 g/mol. The van der Waals surface area contributed by atoms with Gasteiger partial charge in [0.2, 0.25) is 0 Å². The number of hydrogen-bond acceptors (Lipinski definition) is 3. The molecule has 0 radical (unpaired) electrons. The molecule has 0 spiro atoms. The van der Waals surface area contributed by atoms with Crippen LogP contribution < -0.4 is 5.32 Å². The highest BCUT2D eigenvalue weighted by Gasteiger charge is 2.28. The van der Waals surface area contributed by atoms with Gasteiger partial charge in [-0.05, 0) is 24.6 Å². The minimum absolute atomic E-state index is 0.162. The van der Waals surface area contributed by atoms with Crippen LogP contribution >= 0.6 is 0 Å². The fourth-order valence-corrected chi connectivity index (χ4v) is 3.47. The number of phenols is 1. The first-order valence-electron chi connectivity index (χ1n) is 9.04. The van der Waals surface area contributed by atoms with E-state index >= 15 is 0 Å². The van der Waals surface area contributed by atoms with Crippen molar-refractivity contribution in [2.24, 2.45) is 4.99 Å². The number of para-hydroxylation sites is 1. The lowest BCUT2D eigenvalue weighted by Gasteiger charge is -2.31. The third-order valence-corrected chi connectivity index (χ3v) is 4.94. The Labute approximate surface area is 158 Å². The molecular weight excluding hydrogens is 339 g/mol. The van der Waals surface area contributed by atoms with Crippen molar-refractivity contribution in [3.05, 3.63) is 101 Å². The fourth-order valence-electron chi connectivity index (χ4n) is 3.47. The number of rotatable bonds is 3. The second kappa shape index (κ2) is 7.33. The second-order valence-electron chi connectivity index (χ2n) is 6.85. The summed E-state index contributed by atoms with van der Waals surface area (Å²) in [6, 6.07) is 22.0. The van der Waals surface area contributed by atoms with Crippen LogP contribution in [-0.2, 0) is 0 Å². The minimum Gasteiger partial charge on any atom is -0.508 e. The third kappa shape index (κ3) is 3.62. The number of halogens is 1. The van der Waals surface area contributed by atoms with Gasteiger partial charge in [-0.2, -0.15) is 0 Å². The third-order valence-electron chi connectivity index (χ3n) is 4.94. The lowest BCUT2D eigenvalue weighted by molar-refractivity contribution is 0.405. The summed E-state index contributed by atoms with van der Waals surface area (Å²) in [5, 5.41) is 13.7. The van der Waals surface area contributed by atoms with Gasteiger partial charge < -0.3 is 5.11 Å². The molecule has 4 rings (SSSR count). The number of aliphatic imine (C=N–C) groups is 1. The van der Waals surface area contributed by atoms with Gasteiger partial charge in [0.1, 0.15) is 17.7 Å². The van der Waals surface area contributed by atoms with E-state index in [0.717, 1.165) is 16.8 Å². The SMILES string of the molecule is Cc1ccc(C2=NC(c3ccccc3F)NC(c3ccccc3O)C2)cc1. The fraction of sp³-hybridized carbons (Fsp3) is 0.174. The van der Waals surface area contributed by atoms with E-state index < -0.39 is 6.17 Å². The van der Waals surface area contributed by atoms with Crippen LogP contribution in [-0.4, -0.2) is 10.8 Å². The van der Waals surface area contributed by atoms with Crippen LogP contribution in [0, 0.1) is 12.7 Å². The summed E-state index contributed by atoms with van der Waals surface area (Å²) in [5.74, 6) is -0.0626. The molecule has 3 aromatic rings. The Morgan fingerprint density at radius 2 is 1.59 bits per heavy atom. The van der Waals surface area contributed by atoms with E-state index in [1.807, 2.05) is 49.4 Å². The van der Waals surface area contributed by atoms with Crippen LogP contribution in [0.15, 0.2) is 77.8 Å². The Morgan fingerprint density at radius 3 is 2.30 bits per heavy atom. The van der Waals surface area contributed by atoms with E-state index in [0.29, 0.717) is 12.0 Å². The standard InChI is InChI=1S/C23H21FN2O/c1-15-10-12-16(13-11-15)20-14-21(18-7-3-5-9-22(18)27)26-23(25-20)17-6-2-4-8-19(17)24/h2-13,21,23,26-27H,14H2,1H3. The molecule has 3 aromatic carbocycles. The first-order chi connectivity index (χ1) is 13.1. The predicted octanol–water partition coefficient (Wildman–Crippen LogP) is 5.06. The van der Waals surface area contributed by atoms with E-state index in [2.05, 4.69) is 5.32 Å². The van der Waals surface area contributed by atoms with Crippen molar-refractivity contribution in [1.82, 2.24) is 5.32 Å². The number of aryl methyl sites for hydroxylation is 1. The van der Waals surface area contributed by atoms with Gasteiger partial charge in [0.25, 0.3) is 0 Å². The van der Waals surface area contributed by atoms with Crippen molar-refractivity contribution in [2.75, 3.05) is 0 Å². The summed E-state index contributed by atoms with van der Waals surface area (Å²) in [6.45, 7) is 2.04. The number of nitrogens with one attached hydrogen (secondary N) is 1. The first-order valence-corrected chi connectivity index (χ1v) is 9.04. The highest BCUT2D eigenvalue weighted by Crippen LogP contribution is 2.34. The highest BCUT2D eigenvalue weighted by atomic mass is 19.1. The van der Waals surface area contributed by atoms with Crippen LogP contribution in [0.2, 0.25) is 0 Å². The van der Waals surface area contributed by atoms with Crippen molar-refractivity contribution in [3.8, 4) is 5.75 Å². The first kappa shape index (κ1) is 17.4. The topological polar surface area (TPSA) is 44.6 Å². The molecule has 0 amide bonds. The van der Waals surface area contributed by atoms with Gasteiger partial charge in [-0.1, -0.05) is 66.2 Å². The van der Waals surface area contributed by atoms with Crippen molar-refractivity contribution in [2.45, 2.75) is 25.6 Å². The van der Waals surface area contributed by atoms with Crippen molar-refractivity contribution >= 4 is 5.71 Å². The summed E-state index contributed by atoms with van der Waals surface area (Å²) in [7, 11) is 0. The Bertz CT molecular complexity index is 982. The molecule has 2 atom stereocenters. The molecule has 2 unspecified atom stereocenters. The Kier molecular flexibility index (Phi) is 4.73. The Morgan fingerprint density at radius 1 is 0.926 bits per heavy atom. The summed E-state index contributed by atoms with van der Waals surface area (Å²) >= 11 is 0. The molecule has 4 heteroatoms. The number of nitrogens with zero attached hydrogens (tertiary/aromatic N) is 1. The smallest absolute Gasteiger partial charge is 0.129 e. The molecule has 136 valence electrons. The molecule has 1 heterocycles. The monoisotopic (exact) mass is 360 g/mol. The summed E-state index contributed by atoms with van der Waals surface area (Å²) in [6.07, 6.45) is 0.104. The molecule has 0 fully saturated rings. The highest BCUT2D eigenvalue weighted by molar-refractivity contribution is 6.01. The van der Waals surface area contributed by atoms with Crippen molar-refractivity contribution < 1.29 is 9.50 Å². The number of benzene rings is 3. The maximum Gasteiger partial charge on any atom is 0.129 e. The lowest BCUT2D eigenvalue weighted by atomic mass is 9.93. The van der Waals surface area contributed by atoms with E-state index in [-0.39, 0.29) is 17.6 Å². The summed E-state index contributed by atoms with van der Waals surface area (Å²) in [5.41, 5.74) is 4.39. The molecule has 3 nitrogen and oxygen atoms in total. The molecule has 1 aliphatic heterocycles. The summed E-state index contributed by atoms with van der Waals surface area (Å²) in [4.78, 5) is 4.80. The predicted molar refractivity (Wildman–Crippen MR) is 105 cm³/mol. The lowest BCUT2D eigenvalue weighted by Crippen LogP contribution is -2.33. The average Bonchev–Trinajstić information content (AvgIpc) is 2.69. The minimum atomic E-state index is -0.513. The molecule has 0 aromatic heterocycles. The van der Waals surface area contributed by atoms with Crippen LogP contribution in [0.5, 0.6) is 5.75 Å². The largest absolute Gasteiger partial charge is 0.508 e. The second-order valence-corrected chi connectivity index (χ2v) is 6.85. The van der Waals surface area contributed by atoms with Gasteiger partial charge in [0.05, 0.1) is 0 Å². The zero-order valence-corrected chi connectivity index (χ0v) is 15.1. The van der Waals surface area contributed by atoms with Gasteiger partial charge in [0.15, 0.2) is 0 Å². The Balaban J connectivity index is 1.78. The molecular formula is C23H21FN2O. The Hall–Kier alpha value is -2.98. The van der Waals surface area contributed by atoms with Gasteiger partial charge >= 0.3 is 0 Å². The molecule has 1 aliphatic rings. The van der Waals surface area contributed by atoms with E-state index in [4.69, 9.17) is 4.99 Å². The van der Waals surface area contributed by atoms with E-state index in [1.54, 1.807) is 24.3 Å². The van der Waals surface area contributed by atoms with Crippen LogP contribution in [0.1, 0.15) is 40.9 Å². The maximum absolute atomic E-state index is 14.4. The molecule has 0 saturated heterocycles. The number of phenolic OH excluding ortho intramolecular Hbond substituents is 1. The molecule has 0 bridgehead atoms. The zero-order valence-electron chi connectivity index (χ0n) is 15.1. The summed E-state index contributed by atoms with van der Waals surface area (Å²) < 4.78 is 14.4. The van der Waals surface area contributed by atoms with Gasteiger partial charge in [-0.15, -0.1) is 0 Å².